The van der Waals surface area contributed by atoms with Gasteiger partial charge in [0.05, 0.1) is 12.7 Å². The zero-order valence-electron chi connectivity index (χ0n) is 15.4. The number of hydrogen-bond donors (Lipinski definition) is 1. The third kappa shape index (κ3) is 4.25. The van der Waals surface area contributed by atoms with Gasteiger partial charge in [0.1, 0.15) is 18.2 Å². The van der Waals surface area contributed by atoms with Crippen molar-refractivity contribution in [1.29, 1.82) is 0 Å². The van der Waals surface area contributed by atoms with Gasteiger partial charge >= 0.3 is 0 Å². The van der Waals surface area contributed by atoms with E-state index in [0.29, 0.717) is 12.4 Å². The number of nitrogens with two attached hydrogens (primary N) is 1. The smallest absolute Gasteiger partial charge is 0.174 e. The highest BCUT2D eigenvalue weighted by molar-refractivity contribution is 6.01. The number of aryl methyl sites for hydroxylation is 1. The summed E-state index contributed by atoms with van der Waals surface area (Å²) in [7, 11) is 1.65. The molecule has 1 aromatic heterocycles. The molecule has 0 amide bonds. The van der Waals surface area contributed by atoms with E-state index < -0.39 is 0 Å². The van der Waals surface area contributed by atoms with Crippen LogP contribution < -0.4 is 15.4 Å². The average molecular weight is 354 g/mol. The van der Waals surface area contributed by atoms with Crippen molar-refractivity contribution in [3.8, 4) is 5.75 Å². The first-order valence-corrected chi connectivity index (χ1v) is 8.98. The van der Waals surface area contributed by atoms with Gasteiger partial charge in [0.15, 0.2) is 5.84 Å². The van der Waals surface area contributed by atoms with E-state index in [1.54, 1.807) is 13.3 Å². The van der Waals surface area contributed by atoms with E-state index in [1.165, 1.54) is 19.3 Å². The van der Waals surface area contributed by atoms with Crippen LogP contribution in [0.1, 0.15) is 36.0 Å². The Kier molecular flexibility index (Phi) is 5.94. The van der Waals surface area contributed by atoms with Crippen LogP contribution in [0.4, 0.5) is 5.82 Å². The molecule has 0 unspecified atom stereocenters. The molecular formula is C20H26N4O2. The number of nitrogens with zero attached hydrogens (tertiary/aromatic N) is 3. The quantitative estimate of drug-likeness (QED) is 0.490. The Morgan fingerprint density at radius 2 is 2.04 bits per heavy atom. The van der Waals surface area contributed by atoms with Crippen LogP contribution in [-0.4, -0.2) is 31.0 Å². The van der Waals surface area contributed by atoms with E-state index in [-0.39, 0.29) is 0 Å². The summed E-state index contributed by atoms with van der Waals surface area (Å²) < 4.78 is 5.36. The van der Waals surface area contributed by atoms with Crippen molar-refractivity contribution in [2.24, 2.45) is 10.9 Å². The van der Waals surface area contributed by atoms with Crippen LogP contribution in [-0.2, 0) is 11.4 Å². The van der Waals surface area contributed by atoms with Crippen molar-refractivity contribution in [3.05, 3.63) is 53.2 Å². The molecule has 26 heavy (non-hydrogen) atoms. The minimum Gasteiger partial charge on any atom is -0.496 e. The van der Waals surface area contributed by atoms with Gasteiger partial charge in [0.25, 0.3) is 0 Å². The second kappa shape index (κ2) is 8.56. The third-order valence-electron chi connectivity index (χ3n) is 4.54. The van der Waals surface area contributed by atoms with E-state index in [2.05, 4.69) is 15.0 Å². The Labute approximate surface area is 154 Å². The minimum absolute atomic E-state index is 0.296. The zero-order valence-corrected chi connectivity index (χ0v) is 15.4. The number of piperidine rings is 1. The van der Waals surface area contributed by atoms with Crippen LogP contribution in [0, 0.1) is 6.92 Å². The Morgan fingerprint density at radius 3 is 2.81 bits per heavy atom. The Balaban J connectivity index is 1.73. The van der Waals surface area contributed by atoms with E-state index >= 15 is 0 Å². The maximum atomic E-state index is 6.19. The summed E-state index contributed by atoms with van der Waals surface area (Å²) in [5.41, 5.74) is 9.08. The molecule has 2 aromatic rings. The molecule has 1 aliphatic heterocycles. The van der Waals surface area contributed by atoms with Crippen LogP contribution in [0.15, 0.2) is 41.7 Å². The number of anilines is 1. The standard InChI is InChI=1S/C20H26N4O2/c1-15-8-9-18(25-2)16(13-15)14-26-23-19(21)17-7-6-10-22-20(17)24-11-4-3-5-12-24/h6-10,13H,3-5,11-12,14H2,1-2H3,(H2,21,23). The van der Waals surface area contributed by atoms with Gasteiger partial charge in [-0.2, -0.15) is 0 Å². The molecule has 1 aliphatic rings. The Bertz CT molecular complexity index is 770. The maximum absolute atomic E-state index is 6.19. The molecule has 1 aromatic carbocycles. The van der Waals surface area contributed by atoms with Gasteiger partial charge < -0.3 is 20.2 Å². The van der Waals surface area contributed by atoms with E-state index in [9.17, 15) is 0 Å². The first kappa shape index (κ1) is 18.0. The number of rotatable bonds is 6. The highest BCUT2D eigenvalue weighted by atomic mass is 16.6. The topological polar surface area (TPSA) is 73.0 Å². The van der Waals surface area contributed by atoms with Crippen LogP contribution in [0.2, 0.25) is 0 Å². The fourth-order valence-electron chi connectivity index (χ4n) is 3.20. The molecular weight excluding hydrogens is 328 g/mol. The highest BCUT2D eigenvalue weighted by Gasteiger charge is 2.17. The number of methoxy groups -OCH3 is 1. The summed E-state index contributed by atoms with van der Waals surface area (Å²) >= 11 is 0. The number of ether oxygens (including phenoxy) is 1. The SMILES string of the molecule is COc1ccc(C)cc1CO/N=C(/N)c1cccnc1N1CCCCC1. The average Bonchev–Trinajstić information content (AvgIpc) is 2.69. The molecule has 0 atom stereocenters. The number of aromatic nitrogens is 1. The summed E-state index contributed by atoms with van der Waals surface area (Å²) in [4.78, 5) is 12.3. The largest absolute Gasteiger partial charge is 0.496 e. The molecule has 0 aliphatic carbocycles. The first-order chi connectivity index (χ1) is 12.7. The number of pyridine rings is 1. The van der Waals surface area contributed by atoms with Crippen molar-refractivity contribution in [2.75, 3.05) is 25.1 Å². The molecule has 138 valence electrons. The molecule has 1 saturated heterocycles. The fraction of sp³-hybridized carbons (Fsp3) is 0.400. The second-order valence-electron chi connectivity index (χ2n) is 6.49. The summed E-state index contributed by atoms with van der Waals surface area (Å²) in [5, 5.41) is 4.12. The molecule has 6 nitrogen and oxygen atoms in total. The van der Waals surface area contributed by atoms with Gasteiger partial charge in [-0.05, 0) is 50.5 Å². The molecule has 3 rings (SSSR count). The second-order valence-corrected chi connectivity index (χ2v) is 6.49. The summed E-state index contributed by atoms with van der Waals surface area (Å²) in [6.07, 6.45) is 5.41. The lowest BCUT2D eigenvalue weighted by atomic mass is 10.1. The van der Waals surface area contributed by atoms with Crippen molar-refractivity contribution >= 4 is 11.7 Å². The summed E-state index contributed by atoms with van der Waals surface area (Å²) in [6, 6.07) is 9.76. The van der Waals surface area contributed by atoms with Crippen LogP contribution in [0.25, 0.3) is 0 Å². The summed E-state index contributed by atoms with van der Waals surface area (Å²) in [5.74, 6) is 2.00. The zero-order chi connectivity index (χ0) is 18.4. The number of oxime groups is 1. The van der Waals surface area contributed by atoms with Crippen molar-refractivity contribution in [1.82, 2.24) is 4.98 Å². The molecule has 2 heterocycles. The van der Waals surface area contributed by atoms with Crippen LogP contribution >= 0.6 is 0 Å². The maximum Gasteiger partial charge on any atom is 0.174 e. The van der Waals surface area contributed by atoms with Gasteiger partial charge in [-0.1, -0.05) is 16.8 Å². The highest BCUT2D eigenvalue weighted by Crippen LogP contribution is 2.23. The van der Waals surface area contributed by atoms with E-state index in [0.717, 1.165) is 41.3 Å². The monoisotopic (exact) mass is 354 g/mol. The number of hydrogen-bond acceptors (Lipinski definition) is 5. The van der Waals surface area contributed by atoms with Crippen LogP contribution in [0.3, 0.4) is 0 Å². The Hall–Kier alpha value is -2.76. The lowest BCUT2D eigenvalue weighted by molar-refractivity contribution is 0.128. The van der Waals surface area contributed by atoms with Gasteiger partial charge in [0, 0.05) is 24.8 Å². The predicted octanol–water partition coefficient (Wildman–Crippen LogP) is 3.23. The van der Waals surface area contributed by atoms with Gasteiger partial charge in [-0.3, -0.25) is 0 Å². The lowest BCUT2D eigenvalue weighted by Crippen LogP contribution is -2.32. The lowest BCUT2D eigenvalue weighted by Gasteiger charge is -2.29. The summed E-state index contributed by atoms with van der Waals surface area (Å²) in [6.45, 7) is 4.32. The Morgan fingerprint density at radius 1 is 1.23 bits per heavy atom. The van der Waals surface area contributed by atoms with Gasteiger partial charge in [-0.15, -0.1) is 0 Å². The minimum atomic E-state index is 0.296. The first-order valence-electron chi connectivity index (χ1n) is 8.98. The molecule has 0 saturated carbocycles. The van der Waals surface area contributed by atoms with E-state index in [1.807, 2.05) is 37.3 Å². The molecule has 2 N–H and O–H groups in total. The molecule has 0 bridgehead atoms. The van der Waals surface area contributed by atoms with Gasteiger partial charge in [-0.25, -0.2) is 4.98 Å². The van der Waals surface area contributed by atoms with E-state index in [4.69, 9.17) is 15.3 Å². The molecule has 0 radical (unpaired) electrons. The molecule has 6 heteroatoms. The van der Waals surface area contributed by atoms with Crippen molar-refractivity contribution in [2.45, 2.75) is 32.8 Å². The van der Waals surface area contributed by atoms with Crippen molar-refractivity contribution < 1.29 is 9.57 Å². The predicted molar refractivity (Wildman–Crippen MR) is 104 cm³/mol. The normalized spacial score (nSPS) is 15.0. The fourth-order valence-corrected chi connectivity index (χ4v) is 3.20. The molecule has 0 spiro atoms. The molecule has 1 fully saturated rings. The number of amidine groups is 1. The van der Waals surface area contributed by atoms with Crippen LogP contribution in [0.5, 0.6) is 5.75 Å². The number of benzene rings is 1. The van der Waals surface area contributed by atoms with Crippen molar-refractivity contribution in [3.63, 3.8) is 0 Å². The third-order valence-corrected chi connectivity index (χ3v) is 4.54. The van der Waals surface area contributed by atoms with Gasteiger partial charge in [0.2, 0.25) is 0 Å².